The number of aliphatic hydroxyl groups is 1. The predicted octanol–water partition coefficient (Wildman–Crippen LogP) is 3.22. The highest BCUT2D eigenvalue weighted by Gasteiger charge is 2.30. The summed E-state index contributed by atoms with van der Waals surface area (Å²) in [6.45, 7) is -0.166. The fourth-order valence-corrected chi connectivity index (χ4v) is 4.30. The Bertz CT molecular complexity index is 1170. The number of carbonyl (C=O) groups is 3. The number of fused-ring (bicyclic) bond motifs is 3. The number of nitrogens with one attached hydrogen (secondary N) is 2. The number of aliphatic hydroxyl groups excluding tert-OH is 1. The summed E-state index contributed by atoms with van der Waals surface area (Å²) in [6.07, 6.45) is -2.51. The minimum absolute atomic E-state index is 0.0975. The van der Waals surface area contributed by atoms with Crippen LogP contribution in [0.2, 0.25) is 0 Å². The summed E-state index contributed by atoms with van der Waals surface area (Å²) in [5.41, 5.74) is 4.89. The first-order valence-corrected chi connectivity index (χ1v) is 11.3. The molecule has 0 saturated carbocycles. The second-order valence-corrected chi connectivity index (χ2v) is 8.31. The number of benzene rings is 3. The van der Waals surface area contributed by atoms with E-state index >= 15 is 0 Å². The lowest BCUT2D eigenvalue weighted by Crippen LogP contribution is -2.43. The fraction of sp³-hybridized carbons (Fsp3) is 0.222. The van der Waals surface area contributed by atoms with Gasteiger partial charge < -0.3 is 25.6 Å². The Kier molecular flexibility index (Phi) is 7.42. The Morgan fingerprint density at radius 1 is 0.857 bits per heavy atom. The van der Waals surface area contributed by atoms with Crippen LogP contribution in [0.25, 0.3) is 11.1 Å². The summed E-state index contributed by atoms with van der Waals surface area (Å²) >= 11 is 0. The quantitative estimate of drug-likeness (QED) is 0.377. The van der Waals surface area contributed by atoms with Gasteiger partial charge in [-0.3, -0.25) is 9.59 Å². The van der Waals surface area contributed by atoms with Gasteiger partial charge in [0, 0.05) is 12.5 Å². The number of hydrogen-bond donors (Lipinski definition) is 4. The van der Waals surface area contributed by atoms with Crippen molar-refractivity contribution in [1.82, 2.24) is 10.6 Å². The van der Waals surface area contributed by atoms with Crippen LogP contribution >= 0.6 is 0 Å². The maximum Gasteiger partial charge on any atom is 0.408 e. The molecule has 3 aromatic carbocycles. The summed E-state index contributed by atoms with van der Waals surface area (Å²) in [5.74, 6) is -1.89. The number of alkyl carbamates (subject to hydrolysis) is 1. The van der Waals surface area contributed by atoms with Crippen LogP contribution in [0.1, 0.15) is 35.1 Å². The van der Waals surface area contributed by atoms with Crippen LogP contribution in [0.15, 0.2) is 78.9 Å². The zero-order valence-corrected chi connectivity index (χ0v) is 18.9. The molecule has 0 aliphatic heterocycles. The van der Waals surface area contributed by atoms with E-state index in [0.717, 1.165) is 22.3 Å². The summed E-state index contributed by atoms with van der Waals surface area (Å²) in [7, 11) is 0. The molecule has 0 bridgehead atoms. The molecule has 3 aromatic rings. The zero-order valence-electron chi connectivity index (χ0n) is 18.9. The largest absolute Gasteiger partial charge is 0.481 e. The van der Waals surface area contributed by atoms with Crippen LogP contribution in [0.3, 0.4) is 0 Å². The molecule has 8 heteroatoms. The molecule has 2 amide bonds. The minimum Gasteiger partial charge on any atom is -0.481 e. The van der Waals surface area contributed by atoms with Crippen LogP contribution in [0.5, 0.6) is 0 Å². The molecule has 0 fully saturated rings. The van der Waals surface area contributed by atoms with Crippen molar-refractivity contribution in [3.8, 4) is 11.1 Å². The lowest BCUT2D eigenvalue weighted by Gasteiger charge is -2.21. The normalized spacial score (nSPS) is 13.7. The van der Waals surface area contributed by atoms with Gasteiger partial charge in [0.2, 0.25) is 5.91 Å². The second-order valence-electron chi connectivity index (χ2n) is 8.31. The van der Waals surface area contributed by atoms with Crippen LogP contribution < -0.4 is 10.6 Å². The van der Waals surface area contributed by atoms with E-state index in [1.807, 2.05) is 48.5 Å². The van der Waals surface area contributed by atoms with E-state index < -0.39 is 36.5 Å². The Morgan fingerprint density at radius 2 is 1.43 bits per heavy atom. The van der Waals surface area contributed by atoms with Crippen molar-refractivity contribution in [2.45, 2.75) is 24.5 Å². The van der Waals surface area contributed by atoms with Crippen LogP contribution in [-0.4, -0.2) is 47.4 Å². The number of carboxylic acid groups (broad SMARTS) is 1. The molecule has 4 N–H and O–H groups in total. The molecule has 0 radical (unpaired) electrons. The van der Waals surface area contributed by atoms with Gasteiger partial charge in [-0.15, -0.1) is 0 Å². The van der Waals surface area contributed by atoms with Crippen molar-refractivity contribution in [1.29, 1.82) is 0 Å². The van der Waals surface area contributed by atoms with Crippen molar-refractivity contribution >= 4 is 18.0 Å². The van der Waals surface area contributed by atoms with Crippen molar-refractivity contribution in [3.63, 3.8) is 0 Å². The molecule has 2 atom stereocenters. The Labute approximate surface area is 202 Å². The van der Waals surface area contributed by atoms with Gasteiger partial charge >= 0.3 is 12.1 Å². The minimum atomic E-state index is -1.25. The molecular formula is C27H26N2O6. The smallest absolute Gasteiger partial charge is 0.408 e. The highest BCUT2D eigenvalue weighted by atomic mass is 16.5. The van der Waals surface area contributed by atoms with E-state index in [4.69, 9.17) is 9.84 Å². The van der Waals surface area contributed by atoms with E-state index in [1.54, 1.807) is 30.3 Å². The van der Waals surface area contributed by atoms with Gasteiger partial charge in [-0.1, -0.05) is 78.9 Å². The molecule has 4 rings (SSSR count). The lowest BCUT2D eigenvalue weighted by atomic mass is 9.98. The maximum absolute atomic E-state index is 12.8. The van der Waals surface area contributed by atoms with Crippen molar-refractivity contribution in [3.05, 3.63) is 95.6 Å². The highest BCUT2D eigenvalue weighted by Crippen LogP contribution is 2.44. The Balaban J connectivity index is 1.43. The van der Waals surface area contributed by atoms with E-state index in [1.165, 1.54) is 0 Å². The first kappa shape index (κ1) is 24.0. The molecule has 0 heterocycles. The molecule has 0 aromatic heterocycles. The molecule has 1 aliphatic rings. The average Bonchev–Trinajstić information content (AvgIpc) is 3.18. The number of amides is 2. The summed E-state index contributed by atoms with van der Waals surface area (Å²) in [5, 5.41) is 23.6. The van der Waals surface area contributed by atoms with Crippen molar-refractivity contribution in [2.75, 3.05) is 13.2 Å². The van der Waals surface area contributed by atoms with Gasteiger partial charge in [0.1, 0.15) is 12.6 Å². The molecule has 0 spiro atoms. The molecule has 35 heavy (non-hydrogen) atoms. The van der Waals surface area contributed by atoms with Gasteiger partial charge in [-0.2, -0.15) is 0 Å². The van der Waals surface area contributed by atoms with E-state index in [2.05, 4.69) is 10.6 Å². The Morgan fingerprint density at radius 3 is 2.03 bits per heavy atom. The number of carboxylic acids is 1. The maximum atomic E-state index is 12.8. The molecule has 180 valence electrons. The fourth-order valence-electron chi connectivity index (χ4n) is 4.30. The third-order valence-electron chi connectivity index (χ3n) is 5.92. The molecular weight excluding hydrogens is 448 g/mol. The van der Waals surface area contributed by atoms with Crippen LogP contribution in [-0.2, 0) is 14.3 Å². The number of ether oxygens (including phenoxy) is 1. The average molecular weight is 475 g/mol. The third kappa shape index (κ3) is 5.67. The SMILES string of the molecule is O=C(O)CC(O)CNC(=O)C(NC(=O)OCC1c2ccccc2-c2ccccc21)c1ccccc1. The van der Waals surface area contributed by atoms with E-state index in [0.29, 0.717) is 5.56 Å². The number of carbonyl (C=O) groups excluding carboxylic acids is 2. The first-order valence-electron chi connectivity index (χ1n) is 11.3. The van der Waals surface area contributed by atoms with Gasteiger partial charge in [0.25, 0.3) is 0 Å². The number of rotatable bonds is 9. The summed E-state index contributed by atoms with van der Waals surface area (Å²) in [6, 6.07) is 23.5. The summed E-state index contributed by atoms with van der Waals surface area (Å²) < 4.78 is 5.56. The van der Waals surface area contributed by atoms with Crippen molar-refractivity contribution < 1.29 is 29.3 Å². The molecule has 1 aliphatic carbocycles. The van der Waals surface area contributed by atoms with Gasteiger partial charge in [-0.05, 0) is 27.8 Å². The van der Waals surface area contributed by atoms with E-state index in [9.17, 15) is 19.5 Å². The summed E-state index contributed by atoms with van der Waals surface area (Å²) in [4.78, 5) is 36.3. The van der Waals surface area contributed by atoms with Crippen molar-refractivity contribution in [2.24, 2.45) is 0 Å². The molecule has 8 nitrogen and oxygen atoms in total. The van der Waals surface area contributed by atoms with Gasteiger partial charge in [0.15, 0.2) is 0 Å². The zero-order chi connectivity index (χ0) is 24.8. The lowest BCUT2D eigenvalue weighted by molar-refractivity contribution is -0.139. The monoisotopic (exact) mass is 474 g/mol. The molecule has 2 unspecified atom stereocenters. The Hall–Kier alpha value is -4.17. The number of hydrogen-bond acceptors (Lipinski definition) is 5. The van der Waals surface area contributed by atoms with Crippen LogP contribution in [0, 0.1) is 0 Å². The number of aliphatic carboxylic acids is 1. The van der Waals surface area contributed by atoms with E-state index in [-0.39, 0.29) is 19.1 Å². The standard InChI is InChI=1S/C27H26N2O6/c30-18(14-24(31)32)15-28-26(33)25(17-8-2-1-3-9-17)29-27(34)35-16-23-21-12-6-4-10-19(21)20-11-5-7-13-22(20)23/h1-13,18,23,25,30H,14-16H2,(H,28,33)(H,29,34)(H,31,32). The predicted molar refractivity (Wildman–Crippen MR) is 129 cm³/mol. The second kappa shape index (κ2) is 10.8. The van der Waals surface area contributed by atoms with Gasteiger partial charge in [0.05, 0.1) is 12.5 Å². The third-order valence-corrected chi connectivity index (χ3v) is 5.92. The first-order chi connectivity index (χ1) is 16.9. The van der Waals surface area contributed by atoms with Gasteiger partial charge in [-0.25, -0.2) is 4.79 Å². The molecule has 0 saturated heterocycles. The topological polar surface area (TPSA) is 125 Å². The highest BCUT2D eigenvalue weighted by molar-refractivity contribution is 5.87. The van der Waals surface area contributed by atoms with Crippen LogP contribution in [0.4, 0.5) is 4.79 Å².